The van der Waals surface area contributed by atoms with Crippen molar-refractivity contribution in [2.24, 2.45) is 0 Å². The first-order valence-electron chi connectivity index (χ1n) is 3.47. The van der Waals surface area contributed by atoms with E-state index < -0.39 is 37.4 Å². The number of aliphatic hydroxyl groups excluding tert-OH is 3. The topological polar surface area (TPSA) is 69.9 Å². The van der Waals surface area contributed by atoms with Crippen LogP contribution in [0.1, 0.15) is 0 Å². The minimum absolute atomic E-state index is 1.15. The molecular formula is C6H10F2O4. The summed E-state index contributed by atoms with van der Waals surface area (Å²) in [6.07, 6.45) is -8.75. The lowest BCUT2D eigenvalue weighted by molar-refractivity contribution is -0.271. The van der Waals surface area contributed by atoms with E-state index in [0.717, 1.165) is 0 Å². The normalized spacial score (nSPS) is 49.2. The molecule has 1 aliphatic heterocycles. The van der Waals surface area contributed by atoms with E-state index in [9.17, 15) is 8.78 Å². The molecule has 0 amide bonds. The fraction of sp³-hybridized carbons (Fsp3) is 1.00. The Labute approximate surface area is 67.4 Å². The van der Waals surface area contributed by atoms with Gasteiger partial charge in [0.2, 0.25) is 0 Å². The van der Waals surface area contributed by atoms with Crippen LogP contribution in [0.25, 0.3) is 0 Å². The van der Waals surface area contributed by atoms with Crippen molar-refractivity contribution >= 4 is 0 Å². The molecule has 0 aromatic heterocycles. The van der Waals surface area contributed by atoms with Gasteiger partial charge in [0.1, 0.15) is 25.0 Å². The van der Waals surface area contributed by atoms with Crippen LogP contribution >= 0.6 is 0 Å². The lowest BCUT2D eigenvalue weighted by Crippen LogP contribution is -2.56. The van der Waals surface area contributed by atoms with Crippen molar-refractivity contribution < 1.29 is 28.8 Å². The van der Waals surface area contributed by atoms with Crippen LogP contribution in [0.15, 0.2) is 0 Å². The van der Waals surface area contributed by atoms with Crippen LogP contribution in [0.2, 0.25) is 0 Å². The molecule has 0 saturated carbocycles. The molecule has 0 aromatic rings. The fourth-order valence-corrected chi connectivity index (χ4v) is 1.03. The Morgan fingerprint density at radius 2 is 1.75 bits per heavy atom. The average molecular weight is 184 g/mol. The van der Waals surface area contributed by atoms with Crippen molar-refractivity contribution in [3.05, 3.63) is 0 Å². The van der Waals surface area contributed by atoms with Crippen LogP contribution in [0.5, 0.6) is 0 Å². The second kappa shape index (κ2) is 3.61. The lowest BCUT2D eigenvalue weighted by atomic mass is 10.0. The minimum atomic E-state index is -2.01. The van der Waals surface area contributed by atoms with E-state index in [-0.39, 0.29) is 0 Å². The van der Waals surface area contributed by atoms with Crippen LogP contribution in [0.4, 0.5) is 8.78 Å². The average Bonchev–Trinajstić information content (AvgIpc) is 2.08. The Hall–Kier alpha value is -0.300. The molecule has 1 fully saturated rings. The summed E-state index contributed by atoms with van der Waals surface area (Å²) in [4.78, 5) is 0. The molecular weight excluding hydrogens is 174 g/mol. The maximum Gasteiger partial charge on any atom is 0.184 e. The van der Waals surface area contributed by atoms with Crippen molar-refractivity contribution in [1.29, 1.82) is 0 Å². The third-order valence-corrected chi connectivity index (χ3v) is 1.79. The highest BCUT2D eigenvalue weighted by Gasteiger charge is 2.44. The second-order valence-corrected chi connectivity index (χ2v) is 2.65. The molecule has 1 aliphatic rings. The number of halogens is 2. The molecule has 0 aromatic carbocycles. The zero-order valence-corrected chi connectivity index (χ0v) is 6.10. The van der Waals surface area contributed by atoms with Gasteiger partial charge in [0.25, 0.3) is 0 Å². The highest BCUT2D eigenvalue weighted by molar-refractivity contribution is 4.88. The number of ether oxygens (including phenoxy) is 1. The monoisotopic (exact) mass is 184 g/mol. The molecule has 3 N–H and O–H groups in total. The van der Waals surface area contributed by atoms with Gasteiger partial charge >= 0.3 is 0 Å². The molecule has 0 spiro atoms. The SMILES string of the molecule is O[C@@H]1[C@@H](O)[C@@H](O)O[C@H](CF)[C@H]1F. The van der Waals surface area contributed by atoms with Gasteiger partial charge in [-0.15, -0.1) is 0 Å². The number of hydrogen-bond donors (Lipinski definition) is 3. The van der Waals surface area contributed by atoms with Crippen molar-refractivity contribution in [3.63, 3.8) is 0 Å². The van der Waals surface area contributed by atoms with E-state index in [1.165, 1.54) is 0 Å². The van der Waals surface area contributed by atoms with Gasteiger partial charge < -0.3 is 20.1 Å². The van der Waals surface area contributed by atoms with Crippen LogP contribution in [-0.4, -0.2) is 52.8 Å². The quantitative estimate of drug-likeness (QED) is 0.475. The summed E-state index contributed by atoms with van der Waals surface area (Å²) in [5.74, 6) is 0. The van der Waals surface area contributed by atoms with Crippen molar-refractivity contribution in [2.75, 3.05) is 6.67 Å². The zero-order chi connectivity index (χ0) is 9.30. The van der Waals surface area contributed by atoms with Gasteiger partial charge in [-0.25, -0.2) is 8.78 Å². The first-order chi connectivity index (χ1) is 5.57. The van der Waals surface area contributed by atoms with Gasteiger partial charge in [-0.3, -0.25) is 0 Å². The molecule has 5 atom stereocenters. The molecule has 0 radical (unpaired) electrons. The maximum atomic E-state index is 12.8. The van der Waals surface area contributed by atoms with Gasteiger partial charge in [-0.1, -0.05) is 0 Å². The number of aliphatic hydroxyl groups is 3. The molecule has 6 heteroatoms. The van der Waals surface area contributed by atoms with E-state index in [2.05, 4.69) is 4.74 Å². The fourth-order valence-electron chi connectivity index (χ4n) is 1.03. The van der Waals surface area contributed by atoms with E-state index in [0.29, 0.717) is 0 Å². The van der Waals surface area contributed by atoms with Crippen LogP contribution in [0.3, 0.4) is 0 Å². The Kier molecular flexibility index (Phi) is 2.94. The standard InChI is InChI=1S/C6H10F2O4/c7-1-2-3(8)4(9)5(10)6(11)12-2/h2-6,9-11H,1H2/t2-,3-,4+,5-,6+/m1/s1. The summed E-state index contributed by atoms with van der Waals surface area (Å²) in [5, 5.41) is 26.5. The smallest absolute Gasteiger partial charge is 0.184 e. The van der Waals surface area contributed by atoms with Crippen LogP contribution in [0, 0.1) is 0 Å². The summed E-state index contributed by atoms with van der Waals surface area (Å²) < 4.78 is 29.0. The Balaban J connectivity index is 2.63. The Bertz CT molecular complexity index is 152. The molecule has 1 rings (SSSR count). The molecule has 1 saturated heterocycles. The van der Waals surface area contributed by atoms with E-state index in [1.807, 2.05) is 0 Å². The van der Waals surface area contributed by atoms with Gasteiger partial charge in [-0.05, 0) is 0 Å². The number of hydrogen-bond acceptors (Lipinski definition) is 4. The Morgan fingerprint density at radius 3 is 2.25 bits per heavy atom. The summed E-state index contributed by atoms with van der Waals surface area (Å²) >= 11 is 0. The van der Waals surface area contributed by atoms with E-state index >= 15 is 0 Å². The predicted octanol–water partition coefficient (Wildman–Crippen LogP) is -1.27. The van der Waals surface area contributed by atoms with Gasteiger partial charge in [0, 0.05) is 0 Å². The minimum Gasteiger partial charge on any atom is -0.387 e. The summed E-state index contributed by atoms with van der Waals surface area (Å²) in [5.41, 5.74) is 0. The zero-order valence-electron chi connectivity index (χ0n) is 6.10. The maximum absolute atomic E-state index is 12.8. The molecule has 0 aliphatic carbocycles. The molecule has 4 nitrogen and oxygen atoms in total. The second-order valence-electron chi connectivity index (χ2n) is 2.65. The number of alkyl halides is 2. The first kappa shape index (κ1) is 9.79. The molecule has 72 valence electrons. The molecule has 0 unspecified atom stereocenters. The van der Waals surface area contributed by atoms with Crippen LogP contribution in [-0.2, 0) is 4.74 Å². The predicted molar refractivity (Wildman–Crippen MR) is 33.8 cm³/mol. The van der Waals surface area contributed by atoms with Crippen molar-refractivity contribution in [3.8, 4) is 0 Å². The third kappa shape index (κ3) is 1.56. The molecule has 12 heavy (non-hydrogen) atoms. The van der Waals surface area contributed by atoms with E-state index in [4.69, 9.17) is 15.3 Å². The highest BCUT2D eigenvalue weighted by Crippen LogP contribution is 2.22. The largest absolute Gasteiger partial charge is 0.387 e. The summed E-state index contributed by atoms with van der Waals surface area (Å²) in [6.45, 7) is -1.15. The summed E-state index contributed by atoms with van der Waals surface area (Å²) in [6, 6.07) is 0. The molecule has 0 bridgehead atoms. The summed E-state index contributed by atoms with van der Waals surface area (Å²) in [7, 11) is 0. The number of rotatable bonds is 1. The van der Waals surface area contributed by atoms with E-state index in [1.54, 1.807) is 0 Å². The highest BCUT2D eigenvalue weighted by atomic mass is 19.1. The Morgan fingerprint density at radius 1 is 1.17 bits per heavy atom. The molecule has 1 heterocycles. The third-order valence-electron chi connectivity index (χ3n) is 1.79. The van der Waals surface area contributed by atoms with Gasteiger partial charge in [0.15, 0.2) is 12.5 Å². The van der Waals surface area contributed by atoms with Gasteiger partial charge in [0.05, 0.1) is 0 Å². The lowest BCUT2D eigenvalue weighted by Gasteiger charge is -2.35. The van der Waals surface area contributed by atoms with Gasteiger partial charge in [-0.2, -0.15) is 0 Å². The first-order valence-corrected chi connectivity index (χ1v) is 3.47. The van der Waals surface area contributed by atoms with Crippen molar-refractivity contribution in [1.82, 2.24) is 0 Å². The van der Waals surface area contributed by atoms with Crippen molar-refractivity contribution in [2.45, 2.75) is 30.8 Å². The van der Waals surface area contributed by atoms with Crippen LogP contribution < -0.4 is 0 Å².